The summed E-state index contributed by atoms with van der Waals surface area (Å²) in [5.74, 6) is -3.18. The monoisotopic (exact) mass is 202 g/mol. The van der Waals surface area contributed by atoms with Crippen molar-refractivity contribution in [1.29, 1.82) is 0 Å². The van der Waals surface area contributed by atoms with Gasteiger partial charge in [0.05, 0.1) is 0 Å². The summed E-state index contributed by atoms with van der Waals surface area (Å²) in [5.41, 5.74) is 0.557. The SMILES string of the molecule is CC(C)c1cccc(C(F)(F)CF)c1. The van der Waals surface area contributed by atoms with Gasteiger partial charge in [0.15, 0.2) is 6.67 Å². The van der Waals surface area contributed by atoms with Crippen molar-refractivity contribution in [2.45, 2.75) is 25.7 Å². The van der Waals surface area contributed by atoms with E-state index in [1.54, 1.807) is 6.07 Å². The van der Waals surface area contributed by atoms with Crippen molar-refractivity contribution >= 4 is 0 Å². The third kappa shape index (κ3) is 2.28. The maximum atomic E-state index is 13.0. The molecule has 0 unspecified atom stereocenters. The zero-order chi connectivity index (χ0) is 10.8. The maximum absolute atomic E-state index is 13.0. The highest BCUT2D eigenvalue weighted by Crippen LogP contribution is 2.30. The van der Waals surface area contributed by atoms with Crippen LogP contribution < -0.4 is 0 Å². The second-order valence-corrected chi connectivity index (χ2v) is 3.62. The van der Waals surface area contributed by atoms with Crippen molar-refractivity contribution in [3.63, 3.8) is 0 Å². The summed E-state index contributed by atoms with van der Waals surface area (Å²) in [5, 5.41) is 0. The molecule has 0 spiro atoms. The molecule has 0 aliphatic rings. The molecule has 0 radical (unpaired) electrons. The van der Waals surface area contributed by atoms with E-state index in [1.165, 1.54) is 18.2 Å². The second kappa shape index (κ2) is 4.03. The molecule has 0 heterocycles. The molecule has 1 aromatic carbocycles. The summed E-state index contributed by atoms with van der Waals surface area (Å²) in [4.78, 5) is 0. The van der Waals surface area contributed by atoms with Gasteiger partial charge in [-0.1, -0.05) is 32.0 Å². The van der Waals surface area contributed by atoms with Gasteiger partial charge in [0.25, 0.3) is 0 Å². The minimum absolute atomic E-state index is 0.172. The lowest BCUT2D eigenvalue weighted by molar-refractivity contribution is -0.0281. The molecule has 3 heteroatoms. The van der Waals surface area contributed by atoms with Crippen molar-refractivity contribution in [2.75, 3.05) is 6.67 Å². The Morgan fingerprint density at radius 3 is 2.43 bits per heavy atom. The van der Waals surface area contributed by atoms with E-state index >= 15 is 0 Å². The fourth-order valence-electron chi connectivity index (χ4n) is 1.20. The van der Waals surface area contributed by atoms with Crippen molar-refractivity contribution in [3.05, 3.63) is 35.4 Å². The maximum Gasteiger partial charge on any atom is 0.301 e. The van der Waals surface area contributed by atoms with Crippen molar-refractivity contribution < 1.29 is 13.2 Å². The highest BCUT2D eigenvalue weighted by atomic mass is 19.3. The summed E-state index contributed by atoms with van der Waals surface area (Å²) in [7, 11) is 0. The summed E-state index contributed by atoms with van der Waals surface area (Å²) in [6.45, 7) is 2.17. The van der Waals surface area contributed by atoms with Crippen LogP contribution in [0.25, 0.3) is 0 Å². The Hall–Kier alpha value is -0.990. The lowest BCUT2D eigenvalue weighted by Gasteiger charge is -2.14. The number of rotatable bonds is 3. The number of hydrogen-bond donors (Lipinski definition) is 0. The predicted octanol–water partition coefficient (Wildman–Crippen LogP) is 3.87. The minimum Gasteiger partial charge on any atom is -0.244 e. The smallest absolute Gasteiger partial charge is 0.244 e. The van der Waals surface area contributed by atoms with E-state index in [0.717, 1.165) is 5.56 Å². The van der Waals surface area contributed by atoms with Gasteiger partial charge in [0.2, 0.25) is 0 Å². The van der Waals surface area contributed by atoms with E-state index in [9.17, 15) is 13.2 Å². The third-order valence-corrected chi connectivity index (χ3v) is 2.14. The average molecular weight is 202 g/mol. The molecule has 0 aliphatic carbocycles. The van der Waals surface area contributed by atoms with Crippen molar-refractivity contribution in [1.82, 2.24) is 0 Å². The molecule has 0 amide bonds. The van der Waals surface area contributed by atoms with Crippen LogP contribution in [0.5, 0.6) is 0 Å². The van der Waals surface area contributed by atoms with Gasteiger partial charge < -0.3 is 0 Å². The van der Waals surface area contributed by atoms with Gasteiger partial charge in [-0.25, -0.2) is 4.39 Å². The largest absolute Gasteiger partial charge is 0.301 e. The molecule has 0 aromatic heterocycles. The fourth-order valence-corrected chi connectivity index (χ4v) is 1.20. The molecule has 1 aromatic rings. The first-order valence-electron chi connectivity index (χ1n) is 4.51. The number of alkyl halides is 3. The summed E-state index contributed by atoms with van der Waals surface area (Å²) in [6, 6.07) is 5.92. The van der Waals surface area contributed by atoms with Crippen LogP contribution in [0.1, 0.15) is 30.9 Å². The average Bonchev–Trinajstić information content (AvgIpc) is 2.18. The quantitative estimate of drug-likeness (QED) is 0.697. The lowest BCUT2D eigenvalue weighted by atomic mass is 9.99. The Bertz CT molecular complexity index is 305. The van der Waals surface area contributed by atoms with E-state index in [1.807, 2.05) is 13.8 Å². The highest BCUT2D eigenvalue weighted by molar-refractivity contribution is 5.28. The van der Waals surface area contributed by atoms with Crippen LogP contribution in [0.2, 0.25) is 0 Å². The first-order valence-corrected chi connectivity index (χ1v) is 4.51. The normalized spacial score (nSPS) is 12.1. The molecule has 78 valence electrons. The highest BCUT2D eigenvalue weighted by Gasteiger charge is 2.31. The fraction of sp³-hybridized carbons (Fsp3) is 0.455. The first kappa shape index (κ1) is 11.1. The van der Waals surface area contributed by atoms with E-state index in [2.05, 4.69) is 0 Å². The van der Waals surface area contributed by atoms with Gasteiger partial charge in [-0.3, -0.25) is 0 Å². The van der Waals surface area contributed by atoms with Crippen LogP contribution in [0.4, 0.5) is 13.2 Å². The topological polar surface area (TPSA) is 0 Å². The molecule has 0 atom stereocenters. The molecule has 0 bridgehead atoms. The van der Waals surface area contributed by atoms with Crippen LogP contribution in [0, 0.1) is 0 Å². The first-order chi connectivity index (χ1) is 6.47. The van der Waals surface area contributed by atoms with Crippen molar-refractivity contribution in [2.24, 2.45) is 0 Å². The van der Waals surface area contributed by atoms with Gasteiger partial charge in [0, 0.05) is 5.56 Å². The second-order valence-electron chi connectivity index (χ2n) is 3.62. The summed E-state index contributed by atoms with van der Waals surface area (Å²) < 4.78 is 37.9. The molecule has 14 heavy (non-hydrogen) atoms. The third-order valence-electron chi connectivity index (χ3n) is 2.14. The van der Waals surface area contributed by atoms with Gasteiger partial charge in [-0.2, -0.15) is 8.78 Å². The molecule has 0 nitrogen and oxygen atoms in total. The molecular formula is C11H13F3. The number of benzene rings is 1. The van der Waals surface area contributed by atoms with Crippen LogP contribution in [0.3, 0.4) is 0 Å². The van der Waals surface area contributed by atoms with E-state index in [0.29, 0.717) is 0 Å². The standard InChI is InChI=1S/C11H13F3/c1-8(2)9-4-3-5-10(6-9)11(13,14)7-12/h3-6,8H,7H2,1-2H3. The number of halogens is 3. The van der Waals surface area contributed by atoms with E-state index in [-0.39, 0.29) is 11.5 Å². The van der Waals surface area contributed by atoms with Crippen LogP contribution in [-0.2, 0) is 5.92 Å². The molecule has 1 rings (SSSR count). The summed E-state index contributed by atoms with van der Waals surface area (Å²) in [6.07, 6.45) is 0. The van der Waals surface area contributed by atoms with E-state index in [4.69, 9.17) is 0 Å². The Kier molecular flexibility index (Phi) is 3.19. The molecule has 0 saturated heterocycles. The van der Waals surface area contributed by atoms with Crippen LogP contribution in [0.15, 0.2) is 24.3 Å². The summed E-state index contributed by atoms with van der Waals surface area (Å²) >= 11 is 0. The molecule has 0 saturated carbocycles. The Morgan fingerprint density at radius 2 is 1.93 bits per heavy atom. The molecule has 0 N–H and O–H groups in total. The Labute approximate surface area is 81.8 Å². The number of hydrogen-bond acceptors (Lipinski definition) is 0. The zero-order valence-electron chi connectivity index (χ0n) is 8.23. The van der Waals surface area contributed by atoms with Gasteiger partial charge in [0.1, 0.15) is 0 Å². The minimum atomic E-state index is -3.36. The molecular weight excluding hydrogens is 189 g/mol. The van der Waals surface area contributed by atoms with E-state index < -0.39 is 12.6 Å². The van der Waals surface area contributed by atoms with Gasteiger partial charge in [-0.05, 0) is 17.5 Å². The van der Waals surface area contributed by atoms with Gasteiger partial charge in [-0.15, -0.1) is 0 Å². The Morgan fingerprint density at radius 1 is 1.29 bits per heavy atom. The van der Waals surface area contributed by atoms with Gasteiger partial charge >= 0.3 is 5.92 Å². The lowest BCUT2D eigenvalue weighted by Crippen LogP contribution is -2.16. The van der Waals surface area contributed by atoms with Crippen LogP contribution >= 0.6 is 0 Å². The molecule has 0 aliphatic heterocycles. The van der Waals surface area contributed by atoms with Crippen LogP contribution in [-0.4, -0.2) is 6.67 Å². The van der Waals surface area contributed by atoms with Crippen molar-refractivity contribution in [3.8, 4) is 0 Å². The molecule has 0 fully saturated rings. The zero-order valence-corrected chi connectivity index (χ0v) is 8.23. The Balaban J connectivity index is 3.05. The predicted molar refractivity (Wildman–Crippen MR) is 50.4 cm³/mol.